The van der Waals surface area contributed by atoms with E-state index in [4.69, 9.17) is 10.6 Å². The van der Waals surface area contributed by atoms with Gasteiger partial charge in [0, 0.05) is 19.3 Å². The number of aryl methyl sites for hydroxylation is 3. The second kappa shape index (κ2) is 6.51. The molecule has 1 fully saturated rings. The zero-order valence-electron chi connectivity index (χ0n) is 12.3. The second-order valence-corrected chi connectivity index (χ2v) is 5.82. The van der Waals surface area contributed by atoms with E-state index in [1.165, 1.54) is 22.3 Å². The summed E-state index contributed by atoms with van der Waals surface area (Å²) in [4.78, 5) is 0. The van der Waals surface area contributed by atoms with Gasteiger partial charge in [0.1, 0.15) is 0 Å². The lowest BCUT2D eigenvalue weighted by Gasteiger charge is -2.28. The van der Waals surface area contributed by atoms with Gasteiger partial charge in [-0.1, -0.05) is 17.7 Å². The summed E-state index contributed by atoms with van der Waals surface area (Å²) in [6.07, 6.45) is 3.41. The van der Waals surface area contributed by atoms with E-state index in [0.29, 0.717) is 0 Å². The number of benzene rings is 1. The molecule has 19 heavy (non-hydrogen) atoms. The predicted molar refractivity (Wildman–Crippen MR) is 78.9 cm³/mol. The van der Waals surface area contributed by atoms with Crippen molar-refractivity contribution in [1.29, 1.82) is 0 Å². The zero-order valence-corrected chi connectivity index (χ0v) is 12.3. The highest BCUT2D eigenvalue weighted by Gasteiger charge is 2.22. The molecule has 3 heteroatoms. The van der Waals surface area contributed by atoms with Crippen LogP contribution in [0.15, 0.2) is 12.1 Å². The number of nitrogens with one attached hydrogen (secondary N) is 1. The number of hydrogen-bond donors (Lipinski definition) is 2. The maximum Gasteiger partial charge on any atom is 0.0468 e. The van der Waals surface area contributed by atoms with Crippen LogP contribution < -0.4 is 11.3 Å². The first-order valence-corrected chi connectivity index (χ1v) is 7.23. The van der Waals surface area contributed by atoms with E-state index < -0.39 is 0 Å². The Morgan fingerprint density at radius 2 is 1.79 bits per heavy atom. The van der Waals surface area contributed by atoms with Crippen LogP contribution in [0, 0.1) is 26.7 Å². The molecular weight excluding hydrogens is 236 g/mol. The van der Waals surface area contributed by atoms with Crippen LogP contribution in [0.4, 0.5) is 0 Å². The van der Waals surface area contributed by atoms with Crippen molar-refractivity contribution in [2.75, 3.05) is 13.2 Å². The minimum absolute atomic E-state index is 0.253. The van der Waals surface area contributed by atoms with Gasteiger partial charge in [-0.05, 0) is 62.6 Å². The maximum atomic E-state index is 5.82. The third kappa shape index (κ3) is 3.56. The van der Waals surface area contributed by atoms with Gasteiger partial charge >= 0.3 is 0 Å². The molecular formula is C16H26N2O. The fraction of sp³-hybridized carbons (Fsp3) is 0.625. The normalized spacial score (nSPS) is 18.5. The summed E-state index contributed by atoms with van der Waals surface area (Å²) in [5.41, 5.74) is 8.40. The first kappa shape index (κ1) is 14.5. The third-order valence-corrected chi connectivity index (χ3v) is 4.20. The minimum atomic E-state index is 0.253. The van der Waals surface area contributed by atoms with Gasteiger partial charge in [-0.15, -0.1) is 0 Å². The summed E-state index contributed by atoms with van der Waals surface area (Å²) in [5, 5.41) is 0. The van der Waals surface area contributed by atoms with Crippen LogP contribution in [-0.4, -0.2) is 13.2 Å². The van der Waals surface area contributed by atoms with Gasteiger partial charge in [0.25, 0.3) is 0 Å². The first-order valence-electron chi connectivity index (χ1n) is 7.23. The van der Waals surface area contributed by atoms with E-state index in [-0.39, 0.29) is 6.04 Å². The van der Waals surface area contributed by atoms with Crippen LogP contribution in [0.2, 0.25) is 0 Å². The lowest BCUT2D eigenvalue weighted by molar-refractivity contribution is 0.0604. The van der Waals surface area contributed by atoms with Gasteiger partial charge in [0.2, 0.25) is 0 Å². The molecule has 1 heterocycles. The van der Waals surface area contributed by atoms with Crippen molar-refractivity contribution in [2.24, 2.45) is 11.8 Å². The molecule has 0 radical (unpaired) electrons. The van der Waals surface area contributed by atoms with Gasteiger partial charge in [-0.2, -0.15) is 0 Å². The molecule has 1 atom stereocenters. The highest BCUT2D eigenvalue weighted by atomic mass is 16.5. The van der Waals surface area contributed by atoms with Crippen LogP contribution >= 0.6 is 0 Å². The molecule has 0 bridgehead atoms. The largest absolute Gasteiger partial charge is 0.381 e. The second-order valence-electron chi connectivity index (χ2n) is 5.82. The summed E-state index contributed by atoms with van der Waals surface area (Å²) < 4.78 is 5.43. The minimum Gasteiger partial charge on any atom is -0.381 e. The van der Waals surface area contributed by atoms with E-state index in [1.807, 2.05) is 0 Å². The molecule has 1 aromatic carbocycles. The topological polar surface area (TPSA) is 47.3 Å². The Labute approximate surface area is 116 Å². The lowest BCUT2D eigenvalue weighted by Crippen LogP contribution is -2.32. The van der Waals surface area contributed by atoms with Crippen molar-refractivity contribution in [3.63, 3.8) is 0 Å². The van der Waals surface area contributed by atoms with Crippen LogP contribution in [0.1, 0.15) is 47.6 Å². The molecule has 1 unspecified atom stereocenters. The van der Waals surface area contributed by atoms with Crippen molar-refractivity contribution in [2.45, 2.75) is 46.1 Å². The molecule has 2 rings (SSSR count). The van der Waals surface area contributed by atoms with E-state index in [2.05, 4.69) is 38.3 Å². The Kier molecular flexibility index (Phi) is 4.97. The van der Waals surface area contributed by atoms with Gasteiger partial charge in [0.15, 0.2) is 0 Å². The number of rotatable bonds is 4. The molecule has 0 aliphatic carbocycles. The lowest BCUT2D eigenvalue weighted by atomic mass is 9.86. The summed E-state index contributed by atoms with van der Waals surface area (Å²) in [7, 11) is 0. The Hall–Kier alpha value is -0.900. The molecule has 0 saturated carbocycles. The average Bonchev–Trinajstić information content (AvgIpc) is 2.37. The fourth-order valence-electron chi connectivity index (χ4n) is 3.33. The highest BCUT2D eigenvalue weighted by molar-refractivity contribution is 5.39. The van der Waals surface area contributed by atoms with E-state index in [9.17, 15) is 0 Å². The summed E-state index contributed by atoms with van der Waals surface area (Å²) >= 11 is 0. The standard InChI is InChI=1S/C16H26N2O/c1-11-8-12(2)16(13(3)9-11)15(18-17)10-14-4-6-19-7-5-14/h8-9,14-15,18H,4-7,10,17H2,1-3H3. The number of hydrogen-bond acceptors (Lipinski definition) is 3. The van der Waals surface area contributed by atoms with Crippen LogP contribution in [0.25, 0.3) is 0 Å². The van der Waals surface area contributed by atoms with E-state index in [0.717, 1.165) is 38.4 Å². The number of hydrazine groups is 1. The Balaban J connectivity index is 2.16. The molecule has 0 aromatic heterocycles. The SMILES string of the molecule is Cc1cc(C)c(C(CC2CCOCC2)NN)c(C)c1. The summed E-state index contributed by atoms with van der Waals surface area (Å²) in [5.74, 6) is 6.53. The number of ether oxygens (including phenoxy) is 1. The highest BCUT2D eigenvalue weighted by Crippen LogP contribution is 2.31. The Morgan fingerprint density at radius 1 is 1.21 bits per heavy atom. The van der Waals surface area contributed by atoms with E-state index in [1.54, 1.807) is 0 Å². The first-order chi connectivity index (χ1) is 9.11. The van der Waals surface area contributed by atoms with Crippen molar-refractivity contribution in [3.8, 4) is 0 Å². The van der Waals surface area contributed by atoms with Crippen molar-refractivity contribution >= 4 is 0 Å². The smallest absolute Gasteiger partial charge is 0.0468 e. The van der Waals surface area contributed by atoms with Crippen LogP contribution in [0.5, 0.6) is 0 Å². The van der Waals surface area contributed by atoms with Crippen molar-refractivity contribution in [3.05, 3.63) is 34.4 Å². The summed E-state index contributed by atoms with van der Waals surface area (Å²) in [6.45, 7) is 8.31. The monoisotopic (exact) mass is 262 g/mol. The number of nitrogens with two attached hydrogens (primary N) is 1. The zero-order chi connectivity index (χ0) is 13.8. The van der Waals surface area contributed by atoms with Crippen molar-refractivity contribution < 1.29 is 4.74 Å². The third-order valence-electron chi connectivity index (χ3n) is 4.20. The van der Waals surface area contributed by atoms with Gasteiger partial charge in [-0.25, -0.2) is 0 Å². The predicted octanol–water partition coefficient (Wildman–Crippen LogP) is 2.93. The molecule has 1 aliphatic rings. The molecule has 3 nitrogen and oxygen atoms in total. The molecule has 0 spiro atoms. The Bertz CT molecular complexity index is 402. The van der Waals surface area contributed by atoms with Crippen molar-refractivity contribution in [1.82, 2.24) is 5.43 Å². The van der Waals surface area contributed by atoms with Gasteiger partial charge < -0.3 is 4.74 Å². The molecule has 1 aromatic rings. The van der Waals surface area contributed by atoms with Gasteiger partial charge in [0.05, 0.1) is 0 Å². The summed E-state index contributed by atoms with van der Waals surface area (Å²) in [6, 6.07) is 4.75. The van der Waals surface area contributed by atoms with Crippen LogP contribution in [-0.2, 0) is 4.74 Å². The van der Waals surface area contributed by atoms with Gasteiger partial charge in [-0.3, -0.25) is 11.3 Å². The molecule has 1 aliphatic heterocycles. The van der Waals surface area contributed by atoms with Crippen LogP contribution in [0.3, 0.4) is 0 Å². The molecule has 3 N–H and O–H groups in total. The van der Waals surface area contributed by atoms with E-state index >= 15 is 0 Å². The molecule has 1 saturated heterocycles. The average molecular weight is 262 g/mol. The molecule has 0 amide bonds. The fourth-order valence-corrected chi connectivity index (χ4v) is 3.33. The maximum absolute atomic E-state index is 5.82. The Morgan fingerprint density at radius 3 is 2.32 bits per heavy atom. The quantitative estimate of drug-likeness (QED) is 0.648. The molecule has 106 valence electrons.